The minimum absolute atomic E-state index is 0.205. The van der Waals surface area contributed by atoms with Crippen molar-refractivity contribution in [2.24, 2.45) is 23.7 Å². The molecule has 3 saturated carbocycles. The monoisotopic (exact) mass is 336 g/mol. The van der Waals surface area contributed by atoms with Crippen LogP contribution in [0.3, 0.4) is 0 Å². The number of hydrogen-bond donors (Lipinski definition) is 2. The summed E-state index contributed by atoms with van der Waals surface area (Å²) >= 11 is 1.98. The quantitative estimate of drug-likeness (QED) is 0.565. The number of allylic oxidation sites excluding steroid dienone is 1. The molecule has 3 heteroatoms. The summed E-state index contributed by atoms with van der Waals surface area (Å²) in [5, 5.41) is 20.8. The number of hydrogen-bond acceptors (Lipinski definition) is 3. The van der Waals surface area contributed by atoms with Gasteiger partial charge in [0.25, 0.3) is 0 Å². The first kappa shape index (κ1) is 17.6. The molecule has 130 valence electrons. The first-order chi connectivity index (χ1) is 11.2. The lowest BCUT2D eigenvalue weighted by Gasteiger charge is -2.19. The molecule has 3 aliphatic rings. The van der Waals surface area contributed by atoms with Crippen LogP contribution in [-0.2, 0) is 0 Å². The van der Waals surface area contributed by atoms with E-state index in [9.17, 15) is 10.2 Å². The highest BCUT2D eigenvalue weighted by Gasteiger charge is 2.45. The van der Waals surface area contributed by atoms with E-state index in [-0.39, 0.29) is 18.1 Å². The average Bonchev–Trinajstić information content (AvgIpc) is 3.22. The summed E-state index contributed by atoms with van der Waals surface area (Å²) in [6.45, 7) is 2.21. The minimum atomic E-state index is -0.305. The smallest absolute Gasteiger partial charge is 0.0749 e. The van der Waals surface area contributed by atoms with Gasteiger partial charge in [-0.2, -0.15) is 11.8 Å². The molecule has 0 saturated heterocycles. The molecule has 2 N–H and O–H groups in total. The third-order valence-electron chi connectivity index (χ3n) is 6.22. The number of aliphatic hydroxyl groups is 2. The Kier molecular flexibility index (Phi) is 6.28. The van der Waals surface area contributed by atoms with Gasteiger partial charge in [0.15, 0.2) is 0 Å². The molecule has 0 aromatic rings. The lowest BCUT2D eigenvalue weighted by molar-refractivity contribution is 0.135. The molecule has 3 rings (SSSR count). The van der Waals surface area contributed by atoms with Gasteiger partial charge in [0.2, 0.25) is 0 Å². The van der Waals surface area contributed by atoms with Crippen LogP contribution < -0.4 is 0 Å². The van der Waals surface area contributed by atoms with Gasteiger partial charge in [-0.15, -0.1) is 0 Å². The summed E-state index contributed by atoms with van der Waals surface area (Å²) in [5.74, 6) is 4.26. The van der Waals surface area contributed by atoms with Gasteiger partial charge in [-0.05, 0) is 55.6 Å². The van der Waals surface area contributed by atoms with Crippen molar-refractivity contribution < 1.29 is 10.2 Å². The van der Waals surface area contributed by atoms with Crippen molar-refractivity contribution in [1.29, 1.82) is 0 Å². The van der Waals surface area contributed by atoms with Gasteiger partial charge < -0.3 is 10.2 Å². The normalized spacial score (nSPS) is 38.0. The van der Waals surface area contributed by atoms with Gasteiger partial charge in [-0.1, -0.05) is 43.6 Å². The Balaban J connectivity index is 1.57. The fourth-order valence-corrected chi connectivity index (χ4v) is 5.52. The van der Waals surface area contributed by atoms with Crippen molar-refractivity contribution in [3.63, 3.8) is 0 Å². The summed E-state index contributed by atoms with van der Waals surface area (Å²) in [5.41, 5.74) is 1.60. The van der Waals surface area contributed by atoms with E-state index >= 15 is 0 Å². The fourth-order valence-electron chi connectivity index (χ4n) is 4.93. The topological polar surface area (TPSA) is 40.5 Å². The van der Waals surface area contributed by atoms with E-state index < -0.39 is 0 Å². The van der Waals surface area contributed by atoms with Gasteiger partial charge in [-0.3, -0.25) is 0 Å². The van der Waals surface area contributed by atoms with Crippen molar-refractivity contribution >= 4 is 11.8 Å². The van der Waals surface area contributed by atoms with Crippen LogP contribution in [0.2, 0.25) is 0 Å². The van der Waals surface area contributed by atoms with Crippen molar-refractivity contribution in [3.8, 4) is 0 Å². The maximum absolute atomic E-state index is 10.4. The van der Waals surface area contributed by atoms with Crippen LogP contribution in [0, 0.1) is 23.7 Å². The molecule has 5 atom stereocenters. The molecule has 3 aliphatic carbocycles. The summed E-state index contributed by atoms with van der Waals surface area (Å²) in [6, 6.07) is 0. The van der Waals surface area contributed by atoms with E-state index in [2.05, 4.69) is 19.1 Å². The predicted molar refractivity (Wildman–Crippen MR) is 98.5 cm³/mol. The fraction of sp³-hybridized carbons (Fsp3) is 0.800. The minimum Gasteiger partial charge on any atom is -0.392 e. The van der Waals surface area contributed by atoms with Crippen LogP contribution in [0.1, 0.15) is 51.9 Å². The molecule has 3 fully saturated rings. The van der Waals surface area contributed by atoms with Crippen molar-refractivity contribution in [2.45, 2.75) is 64.1 Å². The molecule has 0 spiro atoms. The Morgan fingerprint density at radius 2 is 2.04 bits per heavy atom. The van der Waals surface area contributed by atoms with E-state index in [4.69, 9.17) is 0 Å². The molecule has 0 unspecified atom stereocenters. The third-order valence-corrected chi connectivity index (χ3v) is 7.03. The van der Waals surface area contributed by atoms with Gasteiger partial charge in [0.05, 0.1) is 12.2 Å². The maximum atomic E-state index is 10.4. The molecule has 2 nitrogen and oxygen atoms in total. The Morgan fingerprint density at radius 3 is 2.78 bits per heavy atom. The Hall–Kier alpha value is -0.250. The predicted octanol–water partition coefficient (Wildman–Crippen LogP) is 4.18. The summed E-state index contributed by atoms with van der Waals surface area (Å²) in [7, 11) is 0. The van der Waals surface area contributed by atoms with Crippen LogP contribution in [0.25, 0.3) is 0 Å². The molecule has 0 aromatic heterocycles. The second-order valence-corrected chi connectivity index (χ2v) is 8.97. The Morgan fingerprint density at radius 1 is 1.26 bits per heavy atom. The molecular formula is C20H32O2S. The Labute approximate surface area is 145 Å². The lowest BCUT2D eigenvalue weighted by atomic mass is 9.89. The second kappa shape index (κ2) is 8.22. The van der Waals surface area contributed by atoms with Gasteiger partial charge in [-0.25, -0.2) is 0 Å². The molecule has 0 amide bonds. The number of fused-ring (bicyclic) bond motifs is 1. The second-order valence-electron chi connectivity index (χ2n) is 7.65. The van der Waals surface area contributed by atoms with Crippen LogP contribution in [0.15, 0.2) is 23.8 Å². The number of aliphatic hydroxyl groups excluding tert-OH is 2. The zero-order chi connectivity index (χ0) is 16.2. The van der Waals surface area contributed by atoms with Crippen LogP contribution in [0.5, 0.6) is 0 Å². The first-order valence-electron chi connectivity index (χ1n) is 9.49. The third kappa shape index (κ3) is 4.24. The standard InChI is InChI=1S/C20H32O2S/c1-2-23-10-9-14-11-16-13-20(22)17(18(16)12-14)7-8-19(21)15-5-3-4-6-15/h7-9,15-22H,2-6,10-13H2,1H3/t16-,17+,18-,19+,20+/m0/s1. The van der Waals surface area contributed by atoms with Gasteiger partial charge in [0.1, 0.15) is 0 Å². The van der Waals surface area contributed by atoms with Crippen molar-refractivity contribution in [1.82, 2.24) is 0 Å². The zero-order valence-electron chi connectivity index (χ0n) is 14.4. The zero-order valence-corrected chi connectivity index (χ0v) is 15.2. The average molecular weight is 337 g/mol. The molecule has 0 radical (unpaired) electrons. The largest absolute Gasteiger partial charge is 0.392 e. The number of thioether (sulfide) groups is 1. The first-order valence-corrected chi connectivity index (χ1v) is 10.6. The van der Waals surface area contributed by atoms with E-state index in [1.54, 1.807) is 5.57 Å². The van der Waals surface area contributed by atoms with Gasteiger partial charge >= 0.3 is 0 Å². The van der Waals surface area contributed by atoms with E-state index in [0.29, 0.717) is 17.8 Å². The molecular weight excluding hydrogens is 304 g/mol. The summed E-state index contributed by atoms with van der Waals surface area (Å²) in [6.07, 6.45) is 14.2. The van der Waals surface area contributed by atoms with Crippen LogP contribution >= 0.6 is 11.8 Å². The van der Waals surface area contributed by atoms with Crippen molar-refractivity contribution in [2.75, 3.05) is 11.5 Å². The van der Waals surface area contributed by atoms with Crippen molar-refractivity contribution in [3.05, 3.63) is 23.8 Å². The molecule has 0 heterocycles. The molecule has 0 aromatic carbocycles. The molecule has 0 bridgehead atoms. The SMILES string of the molecule is CCSCC=C1C[C@H]2C[C@@H](O)[C@H](C=C[C@@H](O)C3CCCC3)[C@H]2C1. The molecule has 23 heavy (non-hydrogen) atoms. The van der Waals surface area contributed by atoms with Crippen LogP contribution in [0.4, 0.5) is 0 Å². The summed E-state index contributed by atoms with van der Waals surface area (Å²) < 4.78 is 0. The maximum Gasteiger partial charge on any atom is 0.0749 e. The van der Waals surface area contributed by atoms with E-state index in [1.807, 2.05) is 17.8 Å². The highest BCUT2D eigenvalue weighted by Crippen LogP contribution is 2.50. The Bertz CT molecular complexity index is 439. The highest BCUT2D eigenvalue weighted by molar-refractivity contribution is 7.99. The van der Waals surface area contributed by atoms with Crippen LogP contribution in [-0.4, -0.2) is 33.9 Å². The number of rotatable bonds is 6. The highest BCUT2D eigenvalue weighted by atomic mass is 32.2. The summed E-state index contributed by atoms with van der Waals surface area (Å²) in [4.78, 5) is 0. The van der Waals surface area contributed by atoms with E-state index in [0.717, 1.165) is 31.4 Å². The van der Waals surface area contributed by atoms with E-state index in [1.165, 1.54) is 25.0 Å². The lowest BCUT2D eigenvalue weighted by Crippen LogP contribution is -2.19. The molecule has 0 aliphatic heterocycles. The van der Waals surface area contributed by atoms with Gasteiger partial charge in [0, 0.05) is 11.7 Å².